The van der Waals surface area contributed by atoms with E-state index in [0.29, 0.717) is 0 Å². The molecule has 0 saturated heterocycles. The molecule has 0 radical (unpaired) electrons. The highest BCUT2D eigenvalue weighted by atomic mass is 15.0. The van der Waals surface area contributed by atoms with E-state index >= 15 is 0 Å². The summed E-state index contributed by atoms with van der Waals surface area (Å²) in [5.74, 6) is 0. The molecule has 10 rings (SSSR count). The smallest absolute Gasteiger partial charge is 0.0549 e. The quantitative estimate of drug-likeness (QED) is 0.188. The highest BCUT2D eigenvalue weighted by molar-refractivity contribution is 6.29. The van der Waals surface area contributed by atoms with Gasteiger partial charge in [0, 0.05) is 32.8 Å². The molecule has 2 heterocycles. The van der Waals surface area contributed by atoms with Crippen molar-refractivity contribution in [1.29, 1.82) is 0 Å². The number of hydrogen-bond acceptors (Lipinski definition) is 0. The molecular formula is C46H30N2. The topological polar surface area (TPSA) is 9.86 Å². The fourth-order valence-corrected chi connectivity index (χ4v) is 7.76. The fourth-order valence-electron chi connectivity index (χ4n) is 7.76. The van der Waals surface area contributed by atoms with Gasteiger partial charge < -0.3 is 9.13 Å². The Kier molecular flexibility index (Phi) is 5.91. The standard InChI is InChI=1S/C46H30N2/c1-3-13-31(14-4-1)35-24-26-37(33-16-5-2-6-17-33)44(30-35)48-41-22-12-10-20-39(41)46-43(48)28-27-42-45(46)38-19-9-11-21-40(38)47(42)36-25-23-32-15-7-8-18-34(32)29-36/h1-30H. The van der Waals surface area contributed by atoms with Crippen molar-refractivity contribution in [2.45, 2.75) is 0 Å². The molecule has 224 valence electrons. The zero-order valence-corrected chi connectivity index (χ0v) is 26.2. The van der Waals surface area contributed by atoms with Crippen LogP contribution in [0.3, 0.4) is 0 Å². The minimum atomic E-state index is 1.17. The lowest BCUT2D eigenvalue weighted by Crippen LogP contribution is -1.98. The van der Waals surface area contributed by atoms with E-state index in [1.165, 1.54) is 88.0 Å². The maximum absolute atomic E-state index is 2.49. The highest BCUT2D eigenvalue weighted by Gasteiger charge is 2.22. The van der Waals surface area contributed by atoms with Gasteiger partial charge in [0.05, 0.1) is 27.8 Å². The van der Waals surface area contributed by atoms with Crippen molar-refractivity contribution in [3.8, 4) is 33.6 Å². The average molecular weight is 611 g/mol. The van der Waals surface area contributed by atoms with Gasteiger partial charge in [-0.05, 0) is 69.9 Å². The summed E-state index contributed by atoms with van der Waals surface area (Å²) in [5, 5.41) is 7.57. The minimum Gasteiger partial charge on any atom is -0.309 e. The summed E-state index contributed by atoms with van der Waals surface area (Å²) < 4.78 is 4.93. The van der Waals surface area contributed by atoms with Gasteiger partial charge >= 0.3 is 0 Å². The zero-order valence-electron chi connectivity index (χ0n) is 26.2. The van der Waals surface area contributed by atoms with Crippen LogP contribution in [0.4, 0.5) is 0 Å². The Bertz CT molecular complexity index is 2820. The van der Waals surface area contributed by atoms with Gasteiger partial charge in [-0.15, -0.1) is 0 Å². The molecule has 2 nitrogen and oxygen atoms in total. The van der Waals surface area contributed by atoms with Gasteiger partial charge in [-0.1, -0.05) is 140 Å². The third-order valence-electron chi connectivity index (χ3n) is 9.89. The summed E-state index contributed by atoms with van der Waals surface area (Å²) in [5.41, 5.74) is 12.0. The van der Waals surface area contributed by atoms with Crippen LogP contribution in [0, 0.1) is 0 Å². The first kappa shape index (κ1) is 26.8. The largest absolute Gasteiger partial charge is 0.309 e. The molecule has 8 aromatic carbocycles. The molecule has 0 bridgehead atoms. The first-order chi connectivity index (χ1) is 23.8. The normalized spacial score (nSPS) is 11.8. The molecule has 2 aromatic heterocycles. The molecule has 0 fully saturated rings. The Balaban J connectivity index is 1.33. The number of para-hydroxylation sites is 2. The molecule has 0 N–H and O–H groups in total. The molecule has 0 amide bonds. The van der Waals surface area contributed by atoms with Crippen molar-refractivity contribution in [3.05, 3.63) is 182 Å². The van der Waals surface area contributed by atoms with E-state index in [0.717, 1.165) is 0 Å². The van der Waals surface area contributed by atoms with E-state index in [1.54, 1.807) is 0 Å². The number of nitrogens with zero attached hydrogens (tertiary/aromatic N) is 2. The van der Waals surface area contributed by atoms with Crippen molar-refractivity contribution < 1.29 is 0 Å². The van der Waals surface area contributed by atoms with E-state index in [9.17, 15) is 0 Å². The second kappa shape index (κ2) is 10.6. The summed E-state index contributed by atoms with van der Waals surface area (Å²) in [4.78, 5) is 0. The van der Waals surface area contributed by atoms with Crippen LogP contribution < -0.4 is 0 Å². The van der Waals surface area contributed by atoms with Crippen LogP contribution in [-0.4, -0.2) is 9.13 Å². The molecule has 0 aliphatic heterocycles. The third kappa shape index (κ3) is 4.00. The summed E-state index contributed by atoms with van der Waals surface area (Å²) >= 11 is 0. The molecule has 48 heavy (non-hydrogen) atoms. The molecule has 0 spiro atoms. The van der Waals surface area contributed by atoms with E-state index in [2.05, 4.69) is 191 Å². The van der Waals surface area contributed by atoms with Crippen LogP contribution in [0.15, 0.2) is 182 Å². The number of rotatable bonds is 4. The highest BCUT2D eigenvalue weighted by Crippen LogP contribution is 2.44. The van der Waals surface area contributed by atoms with Crippen LogP contribution in [0.25, 0.3) is 88.0 Å². The molecule has 0 unspecified atom stereocenters. The zero-order chi connectivity index (χ0) is 31.6. The predicted molar refractivity (Wildman–Crippen MR) is 203 cm³/mol. The molecule has 0 aliphatic rings. The van der Waals surface area contributed by atoms with Gasteiger partial charge in [-0.2, -0.15) is 0 Å². The van der Waals surface area contributed by atoms with Gasteiger partial charge in [0.25, 0.3) is 0 Å². The van der Waals surface area contributed by atoms with Gasteiger partial charge in [0.15, 0.2) is 0 Å². The maximum Gasteiger partial charge on any atom is 0.0549 e. The van der Waals surface area contributed by atoms with Gasteiger partial charge in [0.1, 0.15) is 0 Å². The van der Waals surface area contributed by atoms with Crippen LogP contribution in [0.5, 0.6) is 0 Å². The van der Waals surface area contributed by atoms with Crippen molar-refractivity contribution in [3.63, 3.8) is 0 Å². The lowest BCUT2D eigenvalue weighted by molar-refractivity contribution is 1.17. The molecule has 0 aliphatic carbocycles. The third-order valence-corrected chi connectivity index (χ3v) is 9.89. The van der Waals surface area contributed by atoms with Crippen LogP contribution in [0.1, 0.15) is 0 Å². The van der Waals surface area contributed by atoms with E-state index < -0.39 is 0 Å². The maximum atomic E-state index is 2.49. The lowest BCUT2D eigenvalue weighted by atomic mass is 9.98. The van der Waals surface area contributed by atoms with Crippen molar-refractivity contribution in [2.24, 2.45) is 0 Å². The molecule has 0 atom stereocenters. The summed E-state index contributed by atoms with van der Waals surface area (Å²) in [7, 11) is 0. The summed E-state index contributed by atoms with van der Waals surface area (Å²) in [6, 6.07) is 66.2. The second-order valence-corrected chi connectivity index (χ2v) is 12.6. The SMILES string of the molecule is c1ccc(-c2ccc(-c3ccccc3)c(-n3c4ccccc4c4c5c6ccccc6n(-c6ccc7ccccc7c6)c5ccc43)c2)cc1. The van der Waals surface area contributed by atoms with E-state index in [1.807, 2.05) is 0 Å². The number of fused-ring (bicyclic) bond motifs is 8. The Labute approximate surface area is 278 Å². The number of benzene rings is 8. The second-order valence-electron chi connectivity index (χ2n) is 12.6. The summed E-state index contributed by atoms with van der Waals surface area (Å²) in [6.07, 6.45) is 0. The molecular weight excluding hydrogens is 581 g/mol. The number of hydrogen-bond donors (Lipinski definition) is 0. The molecule has 2 heteroatoms. The molecule has 0 saturated carbocycles. The van der Waals surface area contributed by atoms with Crippen LogP contribution >= 0.6 is 0 Å². The Morgan fingerprint density at radius 1 is 0.312 bits per heavy atom. The van der Waals surface area contributed by atoms with Crippen molar-refractivity contribution in [1.82, 2.24) is 9.13 Å². The monoisotopic (exact) mass is 610 g/mol. The van der Waals surface area contributed by atoms with E-state index in [4.69, 9.17) is 0 Å². The van der Waals surface area contributed by atoms with Crippen molar-refractivity contribution >= 4 is 54.4 Å². The van der Waals surface area contributed by atoms with Crippen molar-refractivity contribution in [2.75, 3.05) is 0 Å². The lowest BCUT2D eigenvalue weighted by Gasteiger charge is -2.16. The fraction of sp³-hybridized carbons (Fsp3) is 0. The van der Waals surface area contributed by atoms with Crippen LogP contribution in [-0.2, 0) is 0 Å². The average Bonchev–Trinajstić information content (AvgIpc) is 3.68. The minimum absolute atomic E-state index is 1.17. The Hall–Kier alpha value is -6.38. The summed E-state index contributed by atoms with van der Waals surface area (Å²) in [6.45, 7) is 0. The number of aromatic nitrogens is 2. The molecule has 10 aromatic rings. The predicted octanol–water partition coefficient (Wildman–Crippen LogP) is 12.4. The van der Waals surface area contributed by atoms with Gasteiger partial charge in [-0.3, -0.25) is 0 Å². The van der Waals surface area contributed by atoms with Gasteiger partial charge in [0.2, 0.25) is 0 Å². The Morgan fingerprint density at radius 2 is 0.875 bits per heavy atom. The first-order valence-electron chi connectivity index (χ1n) is 16.5. The first-order valence-corrected chi connectivity index (χ1v) is 16.5. The van der Waals surface area contributed by atoms with E-state index in [-0.39, 0.29) is 0 Å². The Morgan fingerprint density at radius 3 is 1.58 bits per heavy atom. The van der Waals surface area contributed by atoms with Crippen LogP contribution in [0.2, 0.25) is 0 Å². The van der Waals surface area contributed by atoms with Gasteiger partial charge in [-0.25, -0.2) is 0 Å².